The summed E-state index contributed by atoms with van der Waals surface area (Å²) < 4.78 is 11.7. The van der Waals surface area contributed by atoms with Gasteiger partial charge >= 0.3 is 11.9 Å². The average molecular weight is 477 g/mol. The highest BCUT2D eigenvalue weighted by Gasteiger charge is 2.21. The number of carbonyl (C=O) groups is 2. The fourth-order valence-electron chi connectivity index (χ4n) is 3.31. The summed E-state index contributed by atoms with van der Waals surface area (Å²) >= 11 is 0. The van der Waals surface area contributed by atoms with Crippen molar-refractivity contribution in [3.05, 3.63) is 71.6 Å². The number of carbonyl (C=O) groups excluding carboxylic acids is 2. The van der Waals surface area contributed by atoms with Crippen molar-refractivity contribution in [2.75, 3.05) is 19.0 Å². The van der Waals surface area contributed by atoms with E-state index in [4.69, 9.17) is 9.15 Å². The van der Waals surface area contributed by atoms with Gasteiger partial charge in [0.25, 0.3) is 5.89 Å². The molecular weight excluding hydrogens is 454 g/mol. The number of aromatic nitrogens is 5. The van der Waals surface area contributed by atoms with E-state index in [0.717, 1.165) is 5.56 Å². The van der Waals surface area contributed by atoms with Gasteiger partial charge < -0.3 is 24.9 Å². The van der Waals surface area contributed by atoms with Gasteiger partial charge in [-0.05, 0) is 30.2 Å². The maximum atomic E-state index is 12.8. The van der Waals surface area contributed by atoms with Gasteiger partial charge in [-0.25, -0.2) is 19.7 Å². The Kier molecular flexibility index (Phi) is 6.83. The first kappa shape index (κ1) is 23.6. The number of aryl methyl sites for hydroxylation is 2. The standard InChI is InChI=1S/C23H23N7O5/c1-13-10-24-23(28-18-7-8-25-30(18)2)29-19(13)17-12-35-21(27-17)20(32)26-16(11-31)14-5-4-6-15(9-14)22(33)34-3/h4-10,12,16,31H,11H2,1-3H3,(H,26,32)(H,24,28,29)/t16-/m1/s1. The predicted octanol–water partition coefficient (Wildman–Crippen LogP) is 2.17. The molecule has 0 saturated carbocycles. The number of rotatable bonds is 8. The van der Waals surface area contributed by atoms with E-state index in [1.165, 1.54) is 19.4 Å². The first-order chi connectivity index (χ1) is 16.9. The van der Waals surface area contributed by atoms with Crippen LogP contribution in [0.15, 0.2) is 53.4 Å². The van der Waals surface area contributed by atoms with Crippen molar-refractivity contribution in [1.29, 1.82) is 0 Å². The number of hydrogen-bond donors (Lipinski definition) is 3. The number of benzene rings is 1. The van der Waals surface area contributed by atoms with Crippen LogP contribution in [0.1, 0.15) is 38.2 Å². The summed E-state index contributed by atoms with van der Waals surface area (Å²) in [5, 5.41) is 19.6. The zero-order valence-corrected chi connectivity index (χ0v) is 19.2. The normalized spacial score (nSPS) is 11.7. The first-order valence-corrected chi connectivity index (χ1v) is 10.5. The number of methoxy groups -OCH3 is 1. The summed E-state index contributed by atoms with van der Waals surface area (Å²) in [6.07, 6.45) is 4.60. The van der Waals surface area contributed by atoms with E-state index in [9.17, 15) is 14.7 Å². The van der Waals surface area contributed by atoms with E-state index in [0.29, 0.717) is 34.3 Å². The zero-order valence-electron chi connectivity index (χ0n) is 19.2. The summed E-state index contributed by atoms with van der Waals surface area (Å²) in [5.74, 6) is -0.342. The van der Waals surface area contributed by atoms with Crippen LogP contribution in [0, 0.1) is 6.92 Å². The van der Waals surface area contributed by atoms with Crippen molar-refractivity contribution in [3.63, 3.8) is 0 Å². The fraction of sp³-hybridized carbons (Fsp3) is 0.217. The molecule has 1 amide bonds. The quantitative estimate of drug-likeness (QED) is 0.321. The highest BCUT2D eigenvalue weighted by molar-refractivity contribution is 5.91. The molecule has 12 heteroatoms. The Balaban J connectivity index is 1.52. The molecular formula is C23H23N7O5. The fourth-order valence-corrected chi connectivity index (χ4v) is 3.31. The Bertz CT molecular complexity index is 1360. The molecule has 0 radical (unpaired) electrons. The number of oxazole rings is 1. The van der Waals surface area contributed by atoms with Crippen LogP contribution in [0.2, 0.25) is 0 Å². The lowest BCUT2D eigenvalue weighted by molar-refractivity contribution is 0.0600. The molecule has 180 valence electrons. The lowest BCUT2D eigenvalue weighted by Crippen LogP contribution is -2.31. The molecule has 0 unspecified atom stereocenters. The molecule has 12 nitrogen and oxygen atoms in total. The van der Waals surface area contributed by atoms with Gasteiger partial charge in [-0.15, -0.1) is 0 Å². The third kappa shape index (κ3) is 5.17. The SMILES string of the molecule is COC(=O)c1cccc([C@@H](CO)NC(=O)c2nc(-c3nc(Nc4ccnn4C)ncc3C)co2)c1. The van der Waals surface area contributed by atoms with E-state index in [-0.39, 0.29) is 5.89 Å². The Hall–Kier alpha value is -4.58. The van der Waals surface area contributed by atoms with Gasteiger partial charge in [0.05, 0.1) is 31.5 Å². The molecule has 1 aromatic carbocycles. The van der Waals surface area contributed by atoms with Gasteiger partial charge in [0, 0.05) is 19.3 Å². The third-order valence-corrected chi connectivity index (χ3v) is 5.17. The van der Waals surface area contributed by atoms with Crippen LogP contribution in [0.4, 0.5) is 11.8 Å². The molecule has 3 heterocycles. The van der Waals surface area contributed by atoms with Crippen molar-refractivity contribution in [2.45, 2.75) is 13.0 Å². The second-order valence-corrected chi connectivity index (χ2v) is 7.55. The highest BCUT2D eigenvalue weighted by atomic mass is 16.5. The number of ether oxygens (including phenoxy) is 1. The van der Waals surface area contributed by atoms with Crippen LogP contribution in [0.3, 0.4) is 0 Å². The van der Waals surface area contributed by atoms with Crippen LogP contribution in [0.25, 0.3) is 11.4 Å². The van der Waals surface area contributed by atoms with Crippen molar-refractivity contribution in [2.24, 2.45) is 7.05 Å². The van der Waals surface area contributed by atoms with Crippen LogP contribution in [0.5, 0.6) is 0 Å². The van der Waals surface area contributed by atoms with Crippen molar-refractivity contribution in [3.8, 4) is 11.4 Å². The maximum Gasteiger partial charge on any atom is 0.337 e. The molecule has 0 aliphatic carbocycles. The number of nitrogens with zero attached hydrogens (tertiary/aromatic N) is 5. The van der Waals surface area contributed by atoms with E-state index >= 15 is 0 Å². The number of anilines is 2. The Morgan fingerprint density at radius 3 is 2.80 bits per heavy atom. The van der Waals surface area contributed by atoms with Crippen LogP contribution < -0.4 is 10.6 Å². The molecule has 35 heavy (non-hydrogen) atoms. The van der Waals surface area contributed by atoms with Gasteiger partial charge in [0.15, 0.2) is 0 Å². The van der Waals surface area contributed by atoms with E-state index in [2.05, 4.69) is 30.7 Å². The molecule has 3 N–H and O–H groups in total. The molecule has 4 rings (SSSR count). The average Bonchev–Trinajstić information content (AvgIpc) is 3.52. The van der Waals surface area contributed by atoms with Gasteiger partial charge in [-0.1, -0.05) is 12.1 Å². The van der Waals surface area contributed by atoms with Crippen LogP contribution >= 0.6 is 0 Å². The summed E-state index contributed by atoms with van der Waals surface area (Å²) in [5.41, 5.74) is 2.38. The van der Waals surface area contributed by atoms with Gasteiger partial charge in [0.1, 0.15) is 23.5 Å². The third-order valence-electron chi connectivity index (χ3n) is 5.17. The number of aliphatic hydroxyl groups excluding tert-OH is 1. The number of nitrogens with one attached hydrogen (secondary N) is 2. The second-order valence-electron chi connectivity index (χ2n) is 7.55. The minimum absolute atomic E-state index is 0.207. The lowest BCUT2D eigenvalue weighted by Gasteiger charge is -2.16. The van der Waals surface area contributed by atoms with Crippen molar-refractivity contribution < 1.29 is 23.8 Å². The first-order valence-electron chi connectivity index (χ1n) is 10.5. The number of aliphatic hydroxyl groups is 1. The Labute approximate surface area is 200 Å². The lowest BCUT2D eigenvalue weighted by atomic mass is 10.0. The number of esters is 1. The minimum Gasteiger partial charge on any atom is -0.465 e. The smallest absolute Gasteiger partial charge is 0.337 e. The summed E-state index contributed by atoms with van der Waals surface area (Å²) in [7, 11) is 3.06. The van der Waals surface area contributed by atoms with Gasteiger partial charge in [-0.3, -0.25) is 9.48 Å². The zero-order chi connectivity index (χ0) is 24.9. The molecule has 0 fully saturated rings. The Morgan fingerprint density at radius 1 is 1.26 bits per heavy atom. The summed E-state index contributed by atoms with van der Waals surface area (Å²) in [4.78, 5) is 37.6. The number of hydrogen-bond acceptors (Lipinski definition) is 10. The highest BCUT2D eigenvalue weighted by Crippen LogP contribution is 2.23. The number of amides is 1. The molecule has 0 bridgehead atoms. The van der Waals surface area contributed by atoms with Gasteiger partial charge in [0.2, 0.25) is 5.95 Å². The van der Waals surface area contributed by atoms with Crippen molar-refractivity contribution in [1.82, 2.24) is 30.0 Å². The summed E-state index contributed by atoms with van der Waals surface area (Å²) in [6.45, 7) is 1.41. The molecule has 3 aromatic heterocycles. The largest absolute Gasteiger partial charge is 0.465 e. The van der Waals surface area contributed by atoms with E-state index in [1.807, 2.05) is 6.92 Å². The molecule has 4 aromatic rings. The van der Waals surface area contributed by atoms with E-state index in [1.54, 1.807) is 48.4 Å². The van der Waals surface area contributed by atoms with Crippen molar-refractivity contribution >= 4 is 23.6 Å². The molecule has 0 saturated heterocycles. The molecule has 0 aliphatic heterocycles. The monoisotopic (exact) mass is 477 g/mol. The maximum absolute atomic E-state index is 12.8. The molecule has 1 atom stereocenters. The minimum atomic E-state index is -0.794. The Morgan fingerprint density at radius 2 is 2.09 bits per heavy atom. The second kappa shape index (κ2) is 10.1. The van der Waals surface area contributed by atoms with Gasteiger partial charge in [-0.2, -0.15) is 5.10 Å². The summed E-state index contributed by atoms with van der Waals surface area (Å²) in [6, 6.07) is 7.41. The molecule has 0 aliphatic rings. The topological polar surface area (TPSA) is 157 Å². The molecule has 0 spiro atoms. The van der Waals surface area contributed by atoms with Crippen LogP contribution in [-0.2, 0) is 11.8 Å². The van der Waals surface area contributed by atoms with E-state index < -0.39 is 24.5 Å². The van der Waals surface area contributed by atoms with Crippen LogP contribution in [-0.4, -0.2) is 55.4 Å². The predicted molar refractivity (Wildman–Crippen MR) is 124 cm³/mol.